The molecule has 1 aliphatic rings. The van der Waals surface area contributed by atoms with Crippen LogP contribution < -0.4 is 5.32 Å². The van der Waals surface area contributed by atoms with E-state index in [2.05, 4.69) is 20.3 Å². The highest BCUT2D eigenvalue weighted by molar-refractivity contribution is 8.18. The van der Waals surface area contributed by atoms with Crippen LogP contribution in [-0.2, 0) is 14.3 Å². The molecule has 1 fully saturated rings. The Kier molecular flexibility index (Phi) is 6.26. The standard InChI is InChI=1S/C14H10F3N3O3S2/c1-23-11(21)6-10-12(22)19-13(24-10)20-18-7-8-2-4-9(5-3-8)25-14(15,16)17/h2-7H,1H3,(H,19,20,22)/b10-6+,18-7?. The van der Waals surface area contributed by atoms with Gasteiger partial charge in [-0.2, -0.15) is 18.3 Å². The zero-order chi connectivity index (χ0) is 18.4. The van der Waals surface area contributed by atoms with Crippen LogP contribution in [0.25, 0.3) is 0 Å². The second-order valence-corrected chi connectivity index (χ2v) is 6.52. The van der Waals surface area contributed by atoms with Gasteiger partial charge in [0.2, 0.25) is 0 Å². The van der Waals surface area contributed by atoms with Gasteiger partial charge in [0.1, 0.15) is 0 Å². The Labute approximate surface area is 148 Å². The lowest BCUT2D eigenvalue weighted by Gasteiger charge is -2.04. The average molecular weight is 389 g/mol. The molecule has 25 heavy (non-hydrogen) atoms. The molecular formula is C14H10F3N3O3S2. The van der Waals surface area contributed by atoms with Crippen molar-refractivity contribution in [1.82, 2.24) is 5.32 Å². The highest BCUT2D eigenvalue weighted by Crippen LogP contribution is 2.36. The molecule has 0 aromatic heterocycles. The number of esters is 1. The monoisotopic (exact) mass is 389 g/mol. The molecule has 0 atom stereocenters. The summed E-state index contributed by atoms with van der Waals surface area (Å²) in [6.45, 7) is 0. The summed E-state index contributed by atoms with van der Waals surface area (Å²) in [4.78, 5) is 22.9. The van der Waals surface area contributed by atoms with Crippen molar-refractivity contribution in [3.05, 3.63) is 40.8 Å². The fourth-order valence-electron chi connectivity index (χ4n) is 1.54. The third kappa shape index (κ3) is 6.27. The third-order valence-corrected chi connectivity index (χ3v) is 4.21. The van der Waals surface area contributed by atoms with Crippen molar-refractivity contribution >= 4 is 46.8 Å². The first-order valence-electron chi connectivity index (χ1n) is 6.52. The van der Waals surface area contributed by atoms with Gasteiger partial charge in [0.25, 0.3) is 5.91 Å². The second kappa shape index (κ2) is 8.21. The van der Waals surface area contributed by atoms with Gasteiger partial charge in [0, 0.05) is 11.0 Å². The summed E-state index contributed by atoms with van der Waals surface area (Å²) in [5.41, 5.74) is -3.80. The van der Waals surface area contributed by atoms with Crippen LogP contribution >= 0.6 is 23.5 Å². The molecule has 1 aromatic carbocycles. The number of carbonyl (C=O) groups excluding carboxylic acids is 2. The van der Waals surface area contributed by atoms with Crippen LogP contribution in [0.2, 0.25) is 0 Å². The number of alkyl halides is 3. The molecule has 1 saturated heterocycles. The van der Waals surface area contributed by atoms with Crippen molar-refractivity contribution in [2.75, 3.05) is 7.11 Å². The minimum Gasteiger partial charge on any atom is -0.466 e. The molecule has 0 unspecified atom stereocenters. The van der Waals surface area contributed by atoms with Gasteiger partial charge < -0.3 is 4.74 Å². The van der Waals surface area contributed by atoms with E-state index in [0.717, 1.165) is 17.8 Å². The van der Waals surface area contributed by atoms with E-state index in [1.54, 1.807) is 0 Å². The first kappa shape index (κ1) is 19.1. The van der Waals surface area contributed by atoms with Crippen molar-refractivity contribution in [1.29, 1.82) is 0 Å². The normalized spacial score (nSPS) is 18.2. The highest BCUT2D eigenvalue weighted by atomic mass is 32.2. The molecule has 0 spiro atoms. The summed E-state index contributed by atoms with van der Waals surface area (Å²) in [5.74, 6) is -1.17. The molecule has 0 saturated carbocycles. The smallest absolute Gasteiger partial charge is 0.446 e. The number of amidine groups is 1. The molecule has 2 rings (SSSR count). The summed E-state index contributed by atoms with van der Waals surface area (Å²) in [7, 11) is 1.19. The van der Waals surface area contributed by atoms with Gasteiger partial charge in [-0.3, -0.25) is 10.1 Å². The number of benzene rings is 1. The van der Waals surface area contributed by atoms with Gasteiger partial charge in [-0.05, 0) is 41.2 Å². The Bertz CT molecular complexity index is 759. The lowest BCUT2D eigenvalue weighted by Crippen LogP contribution is -2.19. The minimum atomic E-state index is -4.34. The minimum absolute atomic E-state index is 0.0622. The van der Waals surface area contributed by atoms with Gasteiger partial charge in [0.05, 0.1) is 18.2 Å². The molecule has 1 heterocycles. The van der Waals surface area contributed by atoms with Crippen molar-refractivity contribution in [2.45, 2.75) is 10.4 Å². The van der Waals surface area contributed by atoms with E-state index in [4.69, 9.17) is 0 Å². The molecule has 1 N–H and O–H groups in total. The van der Waals surface area contributed by atoms with Gasteiger partial charge in [-0.25, -0.2) is 4.79 Å². The Balaban J connectivity index is 1.99. The molecule has 0 aliphatic carbocycles. The number of thioether (sulfide) groups is 2. The lowest BCUT2D eigenvalue weighted by molar-refractivity contribution is -0.135. The molecule has 0 bridgehead atoms. The predicted molar refractivity (Wildman–Crippen MR) is 89.2 cm³/mol. The van der Waals surface area contributed by atoms with E-state index in [1.165, 1.54) is 37.6 Å². The van der Waals surface area contributed by atoms with Gasteiger partial charge in [-0.15, -0.1) is 5.10 Å². The van der Waals surface area contributed by atoms with E-state index < -0.39 is 17.4 Å². The van der Waals surface area contributed by atoms with Crippen LogP contribution in [0.15, 0.2) is 50.3 Å². The van der Waals surface area contributed by atoms with E-state index in [9.17, 15) is 22.8 Å². The summed E-state index contributed by atoms with van der Waals surface area (Å²) in [6.07, 6.45) is 2.35. The summed E-state index contributed by atoms with van der Waals surface area (Å²) in [6, 6.07) is 5.55. The van der Waals surface area contributed by atoms with Gasteiger partial charge in [-0.1, -0.05) is 12.1 Å². The zero-order valence-corrected chi connectivity index (χ0v) is 14.2. The fourth-order valence-corrected chi connectivity index (χ4v) is 2.82. The van der Waals surface area contributed by atoms with Crippen molar-refractivity contribution < 1.29 is 27.5 Å². The van der Waals surface area contributed by atoms with Crippen LogP contribution in [-0.4, -0.2) is 35.9 Å². The summed E-state index contributed by atoms with van der Waals surface area (Å²) >= 11 is 0.708. The van der Waals surface area contributed by atoms with E-state index in [0.29, 0.717) is 5.56 Å². The Morgan fingerprint density at radius 2 is 2.00 bits per heavy atom. The summed E-state index contributed by atoms with van der Waals surface area (Å²) < 4.78 is 41.1. The van der Waals surface area contributed by atoms with Gasteiger partial charge in [0.15, 0.2) is 5.17 Å². The van der Waals surface area contributed by atoms with Crippen LogP contribution in [0.1, 0.15) is 5.56 Å². The Morgan fingerprint density at radius 3 is 2.60 bits per heavy atom. The van der Waals surface area contributed by atoms with Crippen molar-refractivity contribution in [3.63, 3.8) is 0 Å². The SMILES string of the molecule is COC(=O)/C=C1/S/C(=N\N=Cc2ccc(SC(F)(F)F)cc2)NC1=O. The molecular weight excluding hydrogens is 379 g/mol. The largest absolute Gasteiger partial charge is 0.466 e. The number of carbonyl (C=O) groups is 2. The second-order valence-electron chi connectivity index (χ2n) is 4.35. The number of ether oxygens (including phenoxy) is 1. The van der Waals surface area contributed by atoms with Gasteiger partial charge >= 0.3 is 11.5 Å². The quantitative estimate of drug-likeness (QED) is 0.282. The molecule has 11 heteroatoms. The maximum absolute atomic E-state index is 12.2. The number of methoxy groups -OCH3 is 1. The Morgan fingerprint density at radius 1 is 1.32 bits per heavy atom. The number of hydrogen-bond acceptors (Lipinski definition) is 7. The maximum atomic E-state index is 12.2. The van der Waals surface area contributed by atoms with Crippen LogP contribution in [0.5, 0.6) is 0 Å². The number of nitrogens with zero attached hydrogens (tertiary/aromatic N) is 2. The number of hydrogen-bond donors (Lipinski definition) is 1. The molecule has 132 valence electrons. The number of amides is 1. The molecule has 0 radical (unpaired) electrons. The molecule has 1 aliphatic heterocycles. The van der Waals surface area contributed by atoms with Crippen LogP contribution in [0.4, 0.5) is 13.2 Å². The fraction of sp³-hybridized carbons (Fsp3) is 0.143. The van der Waals surface area contributed by atoms with Crippen molar-refractivity contribution in [3.8, 4) is 0 Å². The molecule has 1 amide bonds. The topological polar surface area (TPSA) is 80.1 Å². The van der Waals surface area contributed by atoms with E-state index in [1.807, 2.05) is 0 Å². The highest BCUT2D eigenvalue weighted by Gasteiger charge is 2.29. The van der Waals surface area contributed by atoms with Crippen molar-refractivity contribution in [2.24, 2.45) is 10.2 Å². The molecule has 1 aromatic rings. The first-order chi connectivity index (χ1) is 11.8. The lowest BCUT2D eigenvalue weighted by atomic mass is 10.2. The first-order valence-corrected chi connectivity index (χ1v) is 8.16. The number of rotatable bonds is 4. The maximum Gasteiger partial charge on any atom is 0.446 e. The third-order valence-electron chi connectivity index (χ3n) is 2.57. The van der Waals surface area contributed by atoms with E-state index >= 15 is 0 Å². The van der Waals surface area contributed by atoms with E-state index in [-0.39, 0.29) is 26.7 Å². The zero-order valence-electron chi connectivity index (χ0n) is 12.5. The van der Waals surface area contributed by atoms with Crippen LogP contribution in [0, 0.1) is 0 Å². The predicted octanol–water partition coefficient (Wildman–Crippen LogP) is 2.91. The summed E-state index contributed by atoms with van der Waals surface area (Å²) in [5, 5.41) is 10.1. The number of halogens is 3. The average Bonchev–Trinajstić information content (AvgIpc) is 2.87. The molecule has 6 nitrogen and oxygen atoms in total. The number of nitrogens with one attached hydrogen (secondary N) is 1. The van der Waals surface area contributed by atoms with Crippen LogP contribution in [0.3, 0.4) is 0 Å². The Hall–Kier alpha value is -2.27.